The summed E-state index contributed by atoms with van der Waals surface area (Å²) in [7, 11) is 0. The van der Waals surface area contributed by atoms with Crippen LogP contribution in [0.1, 0.15) is 46.1 Å². The molecular formula is C30H32N2O2S. The molecule has 1 fully saturated rings. The number of phenols is 1. The van der Waals surface area contributed by atoms with Crippen LogP contribution in [0.25, 0.3) is 0 Å². The quantitative estimate of drug-likeness (QED) is 0.470. The summed E-state index contributed by atoms with van der Waals surface area (Å²) < 4.78 is 0. The second kappa shape index (κ2) is 9.12. The van der Waals surface area contributed by atoms with Gasteiger partial charge < -0.3 is 14.9 Å². The van der Waals surface area contributed by atoms with Gasteiger partial charge in [-0.25, -0.2) is 0 Å². The third-order valence-corrected chi connectivity index (χ3v) is 8.39. The number of aromatic hydroxyl groups is 1. The van der Waals surface area contributed by atoms with Crippen LogP contribution in [-0.2, 0) is 10.2 Å². The number of hydrogen-bond donors (Lipinski definition) is 1. The number of anilines is 2. The van der Waals surface area contributed by atoms with Gasteiger partial charge in [0.05, 0.1) is 10.7 Å². The molecule has 2 heterocycles. The van der Waals surface area contributed by atoms with E-state index in [1.54, 1.807) is 17.8 Å². The Labute approximate surface area is 212 Å². The molecule has 0 unspecified atom stereocenters. The minimum absolute atomic E-state index is 0.149. The minimum atomic E-state index is -0.246. The fourth-order valence-corrected chi connectivity index (χ4v) is 6.51. The second-order valence-electron chi connectivity index (χ2n) is 9.65. The summed E-state index contributed by atoms with van der Waals surface area (Å²) in [6.07, 6.45) is 9.78. The molecule has 0 atom stereocenters. The summed E-state index contributed by atoms with van der Waals surface area (Å²) in [6.45, 7) is 10.4. The Bertz CT molecular complexity index is 1320. The van der Waals surface area contributed by atoms with E-state index in [0.717, 1.165) is 54.0 Å². The summed E-state index contributed by atoms with van der Waals surface area (Å²) in [4.78, 5) is 19.0. The van der Waals surface area contributed by atoms with Gasteiger partial charge in [0.15, 0.2) is 5.78 Å². The monoisotopic (exact) mass is 484 g/mol. The van der Waals surface area contributed by atoms with Crippen molar-refractivity contribution in [2.45, 2.75) is 50.8 Å². The molecule has 5 heteroatoms. The number of Topliss-reactive ketones (excluding diaryl/α,β-unsaturated/α-hetero) is 1. The molecule has 1 aliphatic carbocycles. The number of nitrogens with zero attached hydrogens (tertiary/aromatic N) is 2. The third kappa shape index (κ3) is 4.02. The average Bonchev–Trinajstić information content (AvgIpc) is 3.45. The van der Waals surface area contributed by atoms with Crippen LogP contribution in [0.2, 0.25) is 0 Å². The predicted octanol–water partition coefficient (Wildman–Crippen LogP) is 7.08. The molecule has 2 aromatic carbocycles. The van der Waals surface area contributed by atoms with Crippen LogP contribution < -0.4 is 9.80 Å². The van der Waals surface area contributed by atoms with Crippen molar-refractivity contribution in [1.82, 2.24) is 0 Å². The van der Waals surface area contributed by atoms with Crippen molar-refractivity contribution in [2.75, 3.05) is 22.9 Å². The number of thioether (sulfide) groups is 1. The Morgan fingerprint density at radius 3 is 2.31 bits per heavy atom. The molecule has 0 bridgehead atoms. The average molecular weight is 485 g/mol. The Morgan fingerprint density at radius 2 is 1.60 bits per heavy atom. The fourth-order valence-electron chi connectivity index (χ4n) is 5.38. The van der Waals surface area contributed by atoms with Gasteiger partial charge in [0.25, 0.3) is 0 Å². The molecule has 0 amide bonds. The number of allylic oxidation sites excluding steroid dienone is 7. The molecule has 2 aromatic rings. The molecule has 4 nitrogen and oxygen atoms in total. The lowest BCUT2D eigenvalue weighted by molar-refractivity contribution is -0.111. The van der Waals surface area contributed by atoms with E-state index in [4.69, 9.17) is 0 Å². The SMILES string of the molecule is CCN1/C(=C\C=C2\CC/C(=C\C=C3\N(CC)c4ccc(O)cc4C3(C)C)C2=O)Sc2ccccc21. The van der Waals surface area contributed by atoms with Crippen molar-refractivity contribution in [3.8, 4) is 5.75 Å². The number of phenolic OH excluding ortho intramolecular Hbond substituents is 1. The third-order valence-electron chi connectivity index (χ3n) is 7.26. The zero-order valence-corrected chi connectivity index (χ0v) is 21.7. The van der Waals surface area contributed by atoms with Gasteiger partial charge in [0, 0.05) is 45.9 Å². The number of fused-ring (bicyclic) bond motifs is 2. The smallest absolute Gasteiger partial charge is 0.185 e. The molecule has 3 aliphatic rings. The zero-order valence-electron chi connectivity index (χ0n) is 20.8. The first-order valence-electron chi connectivity index (χ1n) is 12.4. The molecule has 35 heavy (non-hydrogen) atoms. The van der Waals surface area contributed by atoms with Crippen molar-refractivity contribution in [3.63, 3.8) is 0 Å². The summed E-state index contributed by atoms with van der Waals surface area (Å²) in [6, 6.07) is 14.0. The van der Waals surface area contributed by atoms with Crippen LogP contribution in [-0.4, -0.2) is 24.0 Å². The topological polar surface area (TPSA) is 43.8 Å². The van der Waals surface area contributed by atoms with Gasteiger partial charge in [-0.2, -0.15) is 0 Å². The first kappa shape index (κ1) is 23.6. The lowest BCUT2D eigenvalue weighted by Gasteiger charge is -2.25. The molecule has 0 aromatic heterocycles. The van der Waals surface area contributed by atoms with E-state index in [1.807, 2.05) is 24.3 Å². The van der Waals surface area contributed by atoms with E-state index < -0.39 is 0 Å². The first-order chi connectivity index (χ1) is 16.8. The van der Waals surface area contributed by atoms with Gasteiger partial charge in [-0.05, 0) is 74.7 Å². The van der Waals surface area contributed by atoms with Crippen molar-refractivity contribution in [3.05, 3.63) is 94.2 Å². The number of benzene rings is 2. The lowest BCUT2D eigenvalue weighted by atomic mass is 9.83. The minimum Gasteiger partial charge on any atom is -0.508 e. The lowest BCUT2D eigenvalue weighted by Crippen LogP contribution is -2.25. The molecule has 5 rings (SSSR count). The van der Waals surface area contributed by atoms with Crippen LogP contribution >= 0.6 is 11.8 Å². The van der Waals surface area contributed by atoms with Crippen LogP contribution in [0.5, 0.6) is 5.75 Å². The highest BCUT2D eigenvalue weighted by atomic mass is 32.2. The van der Waals surface area contributed by atoms with Gasteiger partial charge in [-0.1, -0.05) is 49.9 Å². The molecule has 1 N–H and O–H groups in total. The summed E-state index contributed by atoms with van der Waals surface area (Å²) in [5, 5.41) is 11.2. The van der Waals surface area contributed by atoms with Crippen molar-refractivity contribution in [1.29, 1.82) is 0 Å². The maximum atomic E-state index is 13.2. The Kier molecular flexibility index (Phi) is 6.14. The number of likely N-dealkylation sites (N-methyl/N-ethyl adjacent to an activating group) is 1. The summed E-state index contributed by atoms with van der Waals surface area (Å²) in [5.41, 5.74) is 6.13. The van der Waals surface area contributed by atoms with E-state index in [-0.39, 0.29) is 16.9 Å². The Morgan fingerprint density at radius 1 is 0.914 bits per heavy atom. The van der Waals surface area contributed by atoms with Gasteiger partial charge in [0.1, 0.15) is 5.75 Å². The van der Waals surface area contributed by atoms with E-state index in [2.05, 4.69) is 73.9 Å². The zero-order chi connectivity index (χ0) is 24.7. The normalized spacial score (nSPS) is 23.3. The Hall–Kier alpha value is -3.18. The molecule has 0 saturated heterocycles. The highest BCUT2D eigenvalue weighted by Crippen LogP contribution is 2.49. The fraction of sp³-hybridized carbons (Fsp3) is 0.300. The molecule has 1 saturated carbocycles. The molecule has 0 spiro atoms. The number of rotatable bonds is 4. The number of carbonyl (C=O) groups excluding carboxylic acids is 1. The van der Waals surface area contributed by atoms with E-state index in [0.29, 0.717) is 0 Å². The van der Waals surface area contributed by atoms with Gasteiger partial charge >= 0.3 is 0 Å². The van der Waals surface area contributed by atoms with E-state index in [9.17, 15) is 9.90 Å². The predicted molar refractivity (Wildman–Crippen MR) is 146 cm³/mol. The van der Waals surface area contributed by atoms with Crippen molar-refractivity contribution < 1.29 is 9.90 Å². The largest absolute Gasteiger partial charge is 0.508 e. The van der Waals surface area contributed by atoms with Crippen LogP contribution in [0, 0.1) is 0 Å². The number of hydrogen-bond acceptors (Lipinski definition) is 5. The maximum absolute atomic E-state index is 13.2. The molecule has 180 valence electrons. The van der Waals surface area contributed by atoms with Crippen molar-refractivity contribution >= 4 is 28.9 Å². The standard InChI is InChI=1S/C30H32N2O2S/c1-5-31-24-16-15-22(33)19-23(24)30(3,4)27(31)17-13-20-11-12-21(29(20)34)14-18-28-32(6-2)25-9-7-8-10-26(25)35-28/h7-10,13-19,33H,5-6,11-12H2,1-4H3/b20-13+,21-14-,27-17+,28-18+. The van der Waals surface area contributed by atoms with Gasteiger partial charge in [-0.3, -0.25) is 4.79 Å². The van der Waals surface area contributed by atoms with Crippen LogP contribution in [0.15, 0.2) is 93.5 Å². The Balaban J connectivity index is 1.39. The van der Waals surface area contributed by atoms with Crippen LogP contribution in [0.4, 0.5) is 11.4 Å². The number of para-hydroxylation sites is 1. The summed E-state index contributed by atoms with van der Waals surface area (Å²) >= 11 is 1.76. The highest BCUT2D eigenvalue weighted by molar-refractivity contribution is 8.03. The molecule has 0 radical (unpaired) electrons. The second-order valence-corrected chi connectivity index (χ2v) is 10.7. The summed E-state index contributed by atoms with van der Waals surface area (Å²) in [5.74, 6) is 0.434. The highest BCUT2D eigenvalue weighted by Gasteiger charge is 2.39. The van der Waals surface area contributed by atoms with E-state index >= 15 is 0 Å². The molecular weight excluding hydrogens is 452 g/mol. The van der Waals surface area contributed by atoms with Gasteiger partial charge in [0.2, 0.25) is 0 Å². The molecule has 2 aliphatic heterocycles. The first-order valence-corrected chi connectivity index (χ1v) is 13.2. The van der Waals surface area contributed by atoms with E-state index in [1.165, 1.54) is 15.6 Å². The van der Waals surface area contributed by atoms with Gasteiger partial charge in [-0.15, -0.1) is 0 Å². The number of carbonyl (C=O) groups is 1. The van der Waals surface area contributed by atoms with Crippen LogP contribution in [0.3, 0.4) is 0 Å². The maximum Gasteiger partial charge on any atom is 0.185 e. The number of ketones is 1. The van der Waals surface area contributed by atoms with Crippen molar-refractivity contribution in [2.24, 2.45) is 0 Å².